The van der Waals surface area contributed by atoms with Crippen LogP contribution in [0.5, 0.6) is 0 Å². The van der Waals surface area contributed by atoms with Crippen LogP contribution in [-0.2, 0) is 16.0 Å². The Labute approximate surface area is 128 Å². The minimum absolute atomic E-state index is 0.0670. The molecule has 0 aromatic heterocycles. The molecule has 3 nitrogen and oxygen atoms in total. The van der Waals surface area contributed by atoms with Crippen LogP contribution in [-0.4, -0.2) is 36.6 Å². The lowest BCUT2D eigenvalue weighted by molar-refractivity contribution is -0.144. The van der Waals surface area contributed by atoms with Crippen LogP contribution in [0.3, 0.4) is 0 Å². The van der Waals surface area contributed by atoms with Crippen molar-refractivity contribution in [3.63, 3.8) is 0 Å². The molecule has 0 saturated carbocycles. The largest absolute Gasteiger partial charge is 0.466 e. The molecule has 1 aliphatic rings. The SMILES string of the molecule is CCOC(=O)CC(Cc1ccccc1)N1CCCCCC1. The highest BCUT2D eigenvalue weighted by Gasteiger charge is 2.23. The van der Waals surface area contributed by atoms with Crippen molar-refractivity contribution in [2.75, 3.05) is 19.7 Å². The van der Waals surface area contributed by atoms with E-state index in [1.54, 1.807) is 0 Å². The number of carbonyl (C=O) groups is 1. The molecule has 0 spiro atoms. The van der Waals surface area contributed by atoms with E-state index in [0.717, 1.165) is 19.5 Å². The number of nitrogens with zero attached hydrogens (tertiary/aromatic N) is 1. The predicted molar refractivity (Wildman–Crippen MR) is 85.2 cm³/mol. The molecule has 1 aromatic rings. The number of carbonyl (C=O) groups excluding carboxylic acids is 1. The van der Waals surface area contributed by atoms with Crippen LogP contribution < -0.4 is 0 Å². The molecule has 3 heteroatoms. The van der Waals surface area contributed by atoms with E-state index in [-0.39, 0.29) is 12.0 Å². The number of esters is 1. The summed E-state index contributed by atoms with van der Waals surface area (Å²) in [5.41, 5.74) is 1.30. The Morgan fingerprint density at radius 2 is 1.81 bits per heavy atom. The van der Waals surface area contributed by atoms with E-state index in [1.807, 2.05) is 13.0 Å². The lowest BCUT2D eigenvalue weighted by Crippen LogP contribution is -2.39. The summed E-state index contributed by atoms with van der Waals surface area (Å²) in [7, 11) is 0. The molecule has 0 amide bonds. The molecule has 21 heavy (non-hydrogen) atoms. The van der Waals surface area contributed by atoms with Gasteiger partial charge in [0.05, 0.1) is 13.0 Å². The molecule has 0 aliphatic carbocycles. The number of benzene rings is 1. The average molecular weight is 289 g/mol. The van der Waals surface area contributed by atoms with Crippen molar-refractivity contribution in [1.29, 1.82) is 0 Å². The first-order valence-electron chi connectivity index (χ1n) is 8.23. The van der Waals surface area contributed by atoms with Crippen molar-refractivity contribution in [3.05, 3.63) is 35.9 Å². The second-order valence-electron chi connectivity index (χ2n) is 5.80. The van der Waals surface area contributed by atoms with Gasteiger partial charge >= 0.3 is 5.97 Å². The lowest BCUT2D eigenvalue weighted by Gasteiger charge is -2.30. The van der Waals surface area contributed by atoms with Gasteiger partial charge in [0.15, 0.2) is 0 Å². The summed E-state index contributed by atoms with van der Waals surface area (Å²) in [6.07, 6.45) is 6.55. The summed E-state index contributed by atoms with van der Waals surface area (Å²) in [5.74, 6) is -0.0670. The maximum Gasteiger partial charge on any atom is 0.307 e. The first kappa shape index (κ1) is 16.0. The molecule has 0 bridgehead atoms. The molecule has 1 heterocycles. The maximum atomic E-state index is 11.9. The summed E-state index contributed by atoms with van der Waals surface area (Å²) >= 11 is 0. The highest BCUT2D eigenvalue weighted by Crippen LogP contribution is 2.18. The van der Waals surface area contributed by atoms with Gasteiger partial charge in [-0.15, -0.1) is 0 Å². The van der Waals surface area contributed by atoms with Crippen molar-refractivity contribution in [2.45, 2.75) is 51.5 Å². The van der Waals surface area contributed by atoms with Gasteiger partial charge in [-0.2, -0.15) is 0 Å². The predicted octanol–water partition coefficient (Wildman–Crippen LogP) is 3.43. The molecule has 2 rings (SSSR count). The topological polar surface area (TPSA) is 29.5 Å². The zero-order valence-corrected chi connectivity index (χ0v) is 13.1. The first-order valence-corrected chi connectivity index (χ1v) is 8.23. The third-order valence-electron chi connectivity index (χ3n) is 4.18. The van der Waals surface area contributed by atoms with Crippen LogP contribution in [0.4, 0.5) is 0 Å². The van der Waals surface area contributed by atoms with E-state index in [9.17, 15) is 4.79 Å². The van der Waals surface area contributed by atoms with Gasteiger partial charge in [-0.1, -0.05) is 43.2 Å². The molecule has 1 atom stereocenters. The van der Waals surface area contributed by atoms with Crippen LogP contribution in [0.25, 0.3) is 0 Å². The molecular weight excluding hydrogens is 262 g/mol. The van der Waals surface area contributed by atoms with Gasteiger partial charge in [0.2, 0.25) is 0 Å². The molecule has 1 unspecified atom stereocenters. The van der Waals surface area contributed by atoms with Crippen molar-refractivity contribution in [3.8, 4) is 0 Å². The van der Waals surface area contributed by atoms with Gasteiger partial charge in [0, 0.05) is 6.04 Å². The third kappa shape index (κ3) is 5.50. The molecule has 0 radical (unpaired) electrons. The monoisotopic (exact) mass is 289 g/mol. The first-order chi connectivity index (χ1) is 10.3. The minimum atomic E-state index is -0.0670. The van der Waals surface area contributed by atoms with Gasteiger partial charge in [-0.05, 0) is 44.8 Å². The van der Waals surface area contributed by atoms with E-state index in [1.165, 1.54) is 31.2 Å². The van der Waals surface area contributed by atoms with Gasteiger partial charge in [0.1, 0.15) is 0 Å². The Hall–Kier alpha value is -1.35. The third-order valence-corrected chi connectivity index (χ3v) is 4.18. The summed E-state index contributed by atoms with van der Waals surface area (Å²) in [6.45, 7) is 4.56. The highest BCUT2D eigenvalue weighted by molar-refractivity contribution is 5.70. The van der Waals surface area contributed by atoms with Crippen LogP contribution >= 0.6 is 0 Å². The quantitative estimate of drug-likeness (QED) is 0.751. The molecule has 0 N–H and O–H groups in total. The number of hydrogen-bond acceptors (Lipinski definition) is 3. The van der Waals surface area contributed by atoms with Gasteiger partial charge in [-0.3, -0.25) is 9.69 Å². The van der Waals surface area contributed by atoms with Gasteiger partial charge < -0.3 is 4.74 Å². The van der Waals surface area contributed by atoms with Crippen molar-refractivity contribution >= 4 is 5.97 Å². The van der Waals surface area contributed by atoms with Crippen LogP contribution in [0.1, 0.15) is 44.6 Å². The molecule has 1 fully saturated rings. The second-order valence-corrected chi connectivity index (χ2v) is 5.80. The van der Waals surface area contributed by atoms with E-state index in [4.69, 9.17) is 4.74 Å². The second kappa shape index (κ2) is 8.83. The number of ether oxygens (including phenoxy) is 1. The molecule has 116 valence electrons. The molecule has 1 saturated heterocycles. The summed E-state index contributed by atoms with van der Waals surface area (Å²) < 4.78 is 5.17. The van der Waals surface area contributed by atoms with Gasteiger partial charge in [0.25, 0.3) is 0 Å². The average Bonchev–Trinajstić information content (AvgIpc) is 2.77. The number of hydrogen-bond donors (Lipinski definition) is 0. The van der Waals surface area contributed by atoms with Crippen molar-refractivity contribution < 1.29 is 9.53 Å². The summed E-state index contributed by atoms with van der Waals surface area (Å²) in [5, 5.41) is 0. The fraction of sp³-hybridized carbons (Fsp3) is 0.611. The zero-order chi connectivity index (χ0) is 14.9. The zero-order valence-electron chi connectivity index (χ0n) is 13.1. The van der Waals surface area contributed by atoms with E-state index < -0.39 is 0 Å². The standard InChI is InChI=1S/C18H27NO2/c1-2-21-18(20)15-17(14-16-10-6-5-7-11-16)19-12-8-3-4-9-13-19/h5-7,10-11,17H,2-4,8-9,12-15H2,1H3. The summed E-state index contributed by atoms with van der Waals surface area (Å²) in [4.78, 5) is 14.4. The Kier molecular flexibility index (Phi) is 6.74. The Morgan fingerprint density at radius 1 is 1.14 bits per heavy atom. The van der Waals surface area contributed by atoms with Crippen LogP contribution in [0, 0.1) is 0 Å². The molecular formula is C18H27NO2. The van der Waals surface area contributed by atoms with Crippen LogP contribution in [0.15, 0.2) is 30.3 Å². The Morgan fingerprint density at radius 3 is 2.43 bits per heavy atom. The Balaban J connectivity index is 2.03. The van der Waals surface area contributed by atoms with E-state index in [2.05, 4.69) is 29.2 Å². The number of likely N-dealkylation sites (tertiary alicyclic amines) is 1. The smallest absolute Gasteiger partial charge is 0.307 e. The van der Waals surface area contributed by atoms with Crippen molar-refractivity contribution in [1.82, 2.24) is 4.90 Å². The van der Waals surface area contributed by atoms with Crippen molar-refractivity contribution in [2.24, 2.45) is 0 Å². The molecule has 1 aliphatic heterocycles. The van der Waals surface area contributed by atoms with E-state index in [0.29, 0.717) is 13.0 Å². The van der Waals surface area contributed by atoms with Gasteiger partial charge in [-0.25, -0.2) is 0 Å². The fourth-order valence-electron chi connectivity index (χ4n) is 3.09. The minimum Gasteiger partial charge on any atom is -0.466 e. The lowest BCUT2D eigenvalue weighted by atomic mass is 10.0. The highest BCUT2D eigenvalue weighted by atomic mass is 16.5. The fourth-order valence-corrected chi connectivity index (χ4v) is 3.09. The molecule has 1 aromatic carbocycles. The normalized spacial score (nSPS) is 18.0. The Bertz CT molecular complexity index is 410. The van der Waals surface area contributed by atoms with Crippen LogP contribution in [0.2, 0.25) is 0 Å². The number of rotatable bonds is 6. The van der Waals surface area contributed by atoms with E-state index >= 15 is 0 Å². The summed E-state index contributed by atoms with van der Waals surface area (Å²) in [6, 6.07) is 10.7. The maximum absolute atomic E-state index is 11.9.